The Morgan fingerprint density at radius 3 is 2.53 bits per heavy atom. The largest absolute Gasteiger partial charge is 0.441 e. The lowest BCUT2D eigenvalue weighted by Gasteiger charge is -2.36. The van der Waals surface area contributed by atoms with Crippen LogP contribution in [0.4, 0.5) is 10.6 Å². The molecule has 2 aliphatic carbocycles. The van der Waals surface area contributed by atoms with Gasteiger partial charge in [-0.25, -0.2) is 19.7 Å². The number of rotatable bonds is 4. The van der Waals surface area contributed by atoms with Crippen molar-refractivity contribution in [3.8, 4) is 11.4 Å². The Kier molecular flexibility index (Phi) is 4.83. The summed E-state index contributed by atoms with van der Waals surface area (Å²) in [5, 5.41) is 0. The predicted octanol–water partition coefficient (Wildman–Crippen LogP) is 4.98. The summed E-state index contributed by atoms with van der Waals surface area (Å²) in [6, 6.07) is 14.2. The summed E-state index contributed by atoms with van der Waals surface area (Å²) < 4.78 is 5.87. The van der Waals surface area contributed by atoms with Gasteiger partial charge in [0.1, 0.15) is 11.4 Å². The van der Waals surface area contributed by atoms with Gasteiger partial charge in [-0.2, -0.15) is 0 Å². The van der Waals surface area contributed by atoms with E-state index in [9.17, 15) is 4.79 Å². The number of cyclic esters (lactones) is 1. The number of ether oxygens (including phenoxy) is 1. The first-order valence-corrected chi connectivity index (χ1v) is 12.0. The minimum absolute atomic E-state index is 0.0834. The van der Waals surface area contributed by atoms with Crippen LogP contribution in [0.5, 0.6) is 0 Å². The number of pyridine rings is 1. The maximum Gasteiger partial charge on any atom is 0.411 e. The second-order valence-corrected chi connectivity index (χ2v) is 10.3. The fourth-order valence-electron chi connectivity index (χ4n) is 6.35. The number of nitrogens with zero attached hydrogens (tertiary/aromatic N) is 4. The molecule has 2 aromatic heterocycles. The lowest BCUT2D eigenvalue weighted by atomic mass is 9.87. The van der Waals surface area contributed by atoms with Crippen molar-refractivity contribution in [3.05, 3.63) is 72.2 Å². The third-order valence-electron chi connectivity index (χ3n) is 7.85. The van der Waals surface area contributed by atoms with Crippen LogP contribution < -0.4 is 5.73 Å². The van der Waals surface area contributed by atoms with E-state index in [-0.39, 0.29) is 18.2 Å². The zero-order valence-electron chi connectivity index (χ0n) is 19.5. The van der Waals surface area contributed by atoms with Gasteiger partial charge in [-0.1, -0.05) is 30.3 Å². The molecule has 3 fully saturated rings. The molecular formula is C27H29N5O2. The van der Waals surface area contributed by atoms with Gasteiger partial charge in [0.25, 0.3) is 0 Å². The van der Waals surface area contributed by atoms with Crippen LogP contribution in [0, 0.1) is 11.8 Å². The summed E-state index contributed by atoms with van der Waals surface area (Å²) in [6.45, 7) is 4.03. The van der Waals surface area contributed by atoms with E-state index >= 15 is 0 Å². The Hall–Kier alpha value is -3.48. The first-order valence-electron chi connectivity index (χ1n) is 12.0. The number of carbonyl (C=O) groups is 1. The lowest BCUT2D eigenvalue weighted by Crippen LogP contribution is -2.42. The number of carbonyl (C=O) groups excluding carboxylic acids is 1. The van der Waals surface area contributed by atoms with Crippen LogP contribution >= 0.6 is 0 Å². The number of hydrogen-bond donors (Lipinski definition) is 1. The molecule has 1 aromatic carbocycles. The van der Waals surface area contributed by atoms with Gasteiger partial charge >= 0.3 is 6.09 Å². The molecule has 6 rings (SSSR count). The van der Waals surface area contributed by atoms with Crippen LogP contribution in [0.15, 0.2) is 61.1 Å². The standard InChI is InChI=1S/C27H29N5O2/c1-27(2)23(16-7-4-3-5-8-16)32(26(33)34-27)18-9-10-19-20(14-18)22(19)17-13-21(24(28)31-15-17)25-29-11-6-12-30-25/h3-8,11-13,15,18-20,22-23H,9-10,14H2,1-2H3,(H2,28,31). The summed E-state index contributed by atoms with van der Waals surface area (Å²) in [5.41, 5.74) is 8.69. The van der Waals surface area contributed by atoms with E-state index in [1.807, 2.05) is 43.1 Å². The molecule has 174 valence electrons. The second-order valence-electron chi connectivity index (χ2n) is 10.3. The number of aromatic nitrogens is 3. The molecule has 3 heterocycles. The zero-order valence-corrected chi connectivity index (χ0v) is 19.5. The number of nitrogens with two attached hydrogens (primary N) is 1. The number of amides is 1. The van der Waals surface area contributed by atoms with Crippen LogP contribution in [0.3, 0.4) is 0 Å². The molecule has 2 saturated carbocycles. The van der Waals surface area contributed by atoms with Gasteiger partial charge in [0, 0.05) is 24.6 Å². The highest BCUT2D eigenvalue weighted by Gasteiger charge is 2.58. The normalized spacial score (nSPS) is 29.4. The monoisotopic (exact) mass is 455 g/mol. The Morgan fingerprint density at radius 2 is 1.76 bits per heavy atom. The molecule has 0 bridgehead atoms. The smallest absolute Gasteiger partial charge is 0.411 e. The van der Waals surface area contributed by atoms with E-state index in [4.69, 9.17) is 10.5 Å². The van der Waals surface area contributed by atoms with Crippen molar-refractivity contribution < 1.29 is 9.53 Å². The molecule has 0 radical (unpaired) electrons. The van der Waals surface area contributed by atoms with Crippen molar-refractivity contribution in [3.63, 3.8) is 0 Å². The van der Waals surface area contributed by atoms with Gasteiger partial charge in [0.15, 0.2) is 5.82 Å². The third kappa shape index (κ3) is 3.42. The van der Waals surface area contributed by atoms with Crippen molar-refractivity contribution in [1.82, 2.24) is 19.9 Å². The minimum atomic E-state index is -0.566. The molecule has 0 spiro atoms. The van der Waals surface area contributed by atoms with Crippen LogP contribution in [-0.2, 0) is 4.74 Å². The highest BCUT2D eigenvalue weighted by molar-refractivity contribution is 5.72. The SMILES string of the molecule is CC1(C)OC(=O)N(C2CCC3C(C2)C3c2cnc(N)c(-c3ncccn3)c2)C1c1ccccc1. The van der Waals surface area contributed by atoms with E-state index in [0.29, 0.717) is 29.4 Å². The van der Waals surface area contributed by atoms with E-state index in [1.54, 1.807) is 18.5 Å². The Bertz CT molecular complexity index is 1220. The molecule has 7 heteroatoms. The number of benzene rings is 1. The maximum atomic E-state index is 13.0. The molecule has 3 aromatic rings. The summed E-state index contributed by atoms with van der Waals surface area (Å²) in [6.07, 6.45) is 8.20. The molecule has 5 unspecified atom stereocenters. The second kappa shape index (κ2) is 7.79. The van der Waals surface area contributed by atoms with Crippen molar-refractivity contribution in [2.24, 2.45) is 11.8 Å². The lowest BCUT2D eigenvalue weighted by molar-refractivity contribution is 0.0664. The van der Waals surface area contributed by atoms with Crippen LogP contribution in [0.25, 0.3) is 11.4 Å². The van der Waals surface area contributed by atoms with Gasteiger partial charge < -0.3 is 10.5 Å². The van der Waals surface area contributed by atoms with Crippen molar-refractivity contribution in [1.29, 1.82) is 0 Å². The van der Waals surface area contributed by atoms with Crippen molar-refractivity contribution in [2.45, 2.75) is 56.7 Å². The van der Waals surface area contributed by atoms with Gasteiger partial charge in [-0.05, 0) is 74.1 Å². The molecule has 2 N–H and O–H groups in total. The van der Waals surface area contributed by atoms with E-state index in [0.717, 1.165) is 30.4 Å². The van der Waals surface area contributed by atoms with Crippen molar-refractivity contribution in [2.75, 3.05) is 5.73 Å². The minimum Gasteiger partial charge on any atom is -0.441 e. The fraction of sp³-hybridized carbons (Fsp3) is 0.407. The van der Waals surface area contributed by atoms with Crippen LogP contribution in [0.2, 0.25) is 0 Å². The van der Waals surface area contributed by atoms with Gasteiger partial charge in [-0.15, -0.1) is 0 Å². The van der Waals surface area contributed by atoms with Crippen LogP contribution in [-0.4, -0.2) is 37.6 Å². The average Bonchev–Trinajstić information content (AvgIpc) is 3.50. The molecule has 5 atom stereocenters. The van der Waals surface area contributed by atoms with E-state index in [1.165, 1.54) is 5.56 Å². The van der Waals surface area contributed by atoms with Gasteiger partial charge in [-0.3, -0.25) is 4.90 Å². The predicted molar refractivity (Wildman–Crippen MR) is 129 cm³/mol. The number of nitrogen functional groups attached to an aromatic ring is 1. The number of anilines is 1. The summed E-state index contributed by atoms with van der Waals surface area (Å²) in [5.74, 6) is 2.63. The first kappa shape index (κ1) is 21.1. The number of fused-ring (bicyclic) bond motifs is 1. The van der Waals surface area contributed by atoms with Crippen LogP contribution in [0.1, 0.15) is 56.2 Å². The summed E-state index contributed by atoms with van der Waals surface area (Å²) in [4.78, 5) is 28.2. The third-order valence-corrected chi connectivity index (χ3v) is 7.85. The molecule has 1 aliphatic heterocycles. The first-order chi connectivity index (χ1) is 16.4. The summed E-state index contributed by atoms with van der Waals surface area (Å²) in [7, 11) is 0. The average molecular weight is 456 g/mol. The number of hydrogen-bond acceptors (Lipinski definition) is 6. The Morgan fingerprint density at radius 1 is 1.00 bits per heavy atom. The summed E-state index contributed by atoms with van der Waals surface area (Å²) >= 11 is 0. The van der Waals surface area contributed by atoms with Crippen molar-refractivity contribution >= 4 is 11.9 Å². The Labute approximate surface area is 199 Å². The molecular weight excluding hydrogens is 426 g/mol. The van der Waals surface area contributed by atoms with E-state index < -0.39 is 5.60 Å². The topological polar surface area (TPSA) is 94.2 Å². The maximum absolute atomic E-state index is 13.0. The van der Waals surface area contributed by atoms with Gasteiger partial charge in [0.2, 0.25) is 0 Å². The van der Waals surface area contributed by atoms with Gasteiger partial charge in [0.05, 0.1) is 11.6 Å². The highest BCUT2D eigenvalue weighted by Crippen LogP contribution is 2.62. The molecule has 1 saturated heterocycles. The van der Waals surface area contributed by atoms with E-state index in [2.05, 4.69) is 33.2 Å². The quantitative estimate of drug-likeness (QED) is 0.597. The molecule has 7 nitrogen and oxygen atoms in total. The molecule has 1 amide bonds. The zero-order chi connectivity index (χ0) is 23.4. The molecule has 34 heavy (non-hydrogen) atoms. The Balaban J connectivity index is 1.25. The fourth-order valence-corrected chi connectivity index (χ4v) is 6.35. The molecule has 3 aliphatic rings. The highest BCUT2D eigenvalue weighted by atomic mass is 16.6.